The van der Waals surface area contributed by atoms with E-state index in [0.717, 1.165) is 48.6 Å². The Morgan fingerprint density at radius 3 is 2.70 bits per heavy atom. The van der Waals surface area contributed by atoms with Gasteiger partial charge in [-0.1, -0.05) is 30.3 Å². The fraction of sp³-hybridized carbons (Fsp3) is 0.385. The van der Waals surface area contributed by atoms with Crippen LogP contribution < -0.4 is 4.74 Å². The topological polar surface area (TPSA) is 54.6 Å². The van der Waals surface area contributed by atoms with Crippen LogP contribution in [0, 0.1) is 5.92 Å². The van der Waals surface area contributed by atoms with Gasteiger partial charge in [0.2, 0.25) is 0 Å². The molecule has 2 aliphatic heterocycles. The molecule has 7 heteroatoms. The number of H-pyrrole nitrogens is 1. The van der Waals surface area contributed by atoms with Gasteiger partial charge < -0.3 is 14.3 Å². The predicted octanol–water partition coefficient (Wildman–Crippen LogP) is 4.59. The summed E-state index contributed by atoms with van der Waals surface area (Å²) in [5, 5.41) is 2.74. The number of alkyl halides is 1. The molecule has 1 saturated heterocycles. The van der Waals surface area contributed by atoms with E-state index in [1.165, 1.54) is 16.4 Å². The second kappa shape index (κ2) is 9.50. The summed E-state index contributed by atoms with van der Waals surface area (Å²) in [6.45, 7) is 8.71. The van der Waals surface area contributed by atoms with Crippen LogP contribution in [-0.2, 0) is 17.8 Å². The number of benzene rings is 2. The third kappa shape index (κ3) is 4.30. The molecule has 0 radical (unpaired) electrons. The van der Waals surface area contributed by atoms with Crippen molar-refractivity contribution in [3.05, 3.63) is 77.3 Å². The minimum atomic E-state index is -1.30. The second-order valence-corrected chi connectivity index (χ2v) is 10.3. The lowest BCUT2D eigenvalue weighted by Gasteiger charge is -2.38. The summed E-state index contributed by atoms with van der Waals surface area (Å²) in [5.74, 6) is 0.999. The summed E-state index contributed by atoms with van der Waals surface area (Å²) in [6, 6.07) is 16.4. The van der Waals surface area contributed by atoms with Crippen LogP contribution in [0.4, 0.5) is 4.39 Å². The molecular weight excluding hydrogens is 437 g/mol. The number of para-hydroxylation sites is 1. The van der Waals surface area contributed by atoms with E-state index in [0.29, 0.717) is 6.61 Å². The fourth-order valence-electron chi connectivity index (χ4n) is 5.12. The standard InChI is InChI=1S/C26H30FN3O2S/c1-3-33(31)30-18(2)14-23-22-6-4-5-7-24(22)28-25(23)26(30)20-8-10-21(11-9-20)32-13-12-29-16-19(15-27)17-29/h3-11,18-19,26,28H,1,12-17H2,2H3/t18-,26-,33?/m1/s1. The maximum absolute atomic E-state index is 13.0. The molecular formula is C26H30FN3O2S. The van der Waals surface area contributed by atoms with Crippen molar-refractivity contribution < 1.29 is 13.7 Å². The van der Waals surface area contributed by atoms with Gasteiger partial charge in [0.1, 0.15) is 23.8 Å². The molecule has 1 aromatic heterocycles. The number of hydrogen-bond donors (Lipinski definition) is 1. The van der Waals surface area contributed by atoms with Gasteiger partial charge in [-0.15, -0.1) is 4.31 Å². The van der Waals surface area contributed by atoms with Crippen LogP contribution in [0.5, 0.6) is 5.75 Å². The van der Waals surface area contributed by atoms with Crippen molar-refractivity contribution >= 4 is 22.3 Å². The molecule has 1 unspecified atom stereocenters. The van der Waals surface area contributed by atoms with Crippen LogP contribution in [0.2, 0.25) is 0 Å². The van der Waals surface area contributed by atoms with E-state index in [4.69, 9.17) is 4.74 Å². The highest BCUT2D eigenvalue weighted by atomic mass is 32.2. The number of halogens is 1. The number of ether oxygens (including phenoxy) is 1. The number of rotatable bonds is 8. The second-order valence-electron chi connectivity index (χ2n) is 9.02. The Balaban J connectivity index is 1.38. The van der Waals surface area contributed by atoms with E-state index in [9.17, 15) is 8.94 Å². The Morgan fingerprint density at radius 1 is 1.21 bits per heavy atom. The van der Waals surface area contributed by atoms with E-state index in [1.807, 2.05) is 22.5 Å². The SMILES string of the molecule is C=C[S+]([O-])N1[C@H](c2ccc(OCCN3CC(CF)C3)cc2)c2[nH]c3ccccc3c2C[C@H]1C. The Morgan fingerprint density at radius 2 is 1.97 bits per heavy atom. The average molecular weight is 468 g/mol. The molecule has 0 saturated carbocycles. The normalized spacial score (nSPS) is 22.6. The molecule has 3 heterocycles. The molecule has 0 bridgehead atoms. The zero-order chi connectivity index (χ0) is 22.9. The van der Waals surface area contributed by atoms with E-state index < -0.39 is 11.4 Å². The summed E-state index contributed by atoms with van der Waals surface area (Å²) >= 11 is -1.30. The molecule has 1 fully saturated rings. The summed E-state index contributed by atoms with van der Waals surface area (Å²) in [4.78, 5) is 5.81. The van der Waals surface area contributed by atoms with Gasteiger partial charge in [-0.05, 0) is 49.2 Å². The number of hydrogen-bond acceptors (Lipinski definition) is 4. The molecule has 33 heavy (non-hydrogen) atoms. The molecule has 0 aliphatic carbocycles. The van der Waals surface area contributed by atoms with Crippen LogP contribution >= 0.6 is 0 Å². The first-order chi connectivity index (χ1) is 16.1. The van der Waals surface area contributed by atoms with Crippen LogP contribution in [0.3, 0.4) is 0 Å². The van der Waals surface area contributed by atoms with Crippen LogP contribution in [-0.4, -0.2) is 57.7 Å². The van der Waals surface area contributed by atoms with Crippen molar-refractivity contribution in [2.45, 2.75) is 25.4 Å². The monoisotopic (exact) mass is 467 g/mol. The van der Waals surface area contributed by atoms with Gasteiger partial charge in [-0.25, -0.2) is 0 Å². The zero-order valence-corrected chi connectivity index (χ0v) is 19.7. The highest BCUT2D eigenvalue weighted by Crippen LogP contribution is 2.42. The summed E-state index contributed by atoms with van der Waals surface area (Å²) in [5.41, 5.74) is 4.55. The fourth-order valence-corrected chi connectivity index (χ4v) is 6.15. The van der Waals surface area contributed by atoms with Crippen molar-refractivity contribution in [1.29, 1.82) is 0 Å². The van der Waals surface area contributed by atoms with E-state index in [1.54, 1.807) is 0 Å². The highest BCUT2D eigenvalue weighted by molar-refractivity contribution is 7.92. The molecule has 2 aromatic carbocycles. The zero-order valence-electron chi connectivity index (χ0n) is 18.9. The predicted molar refractivity (Wildman–Crippen MR) is 131 cm³/mol. The Kier molecular flexibility index (Phi) is 6.47. The van der Waals surface area contributed by atoms with Gasteiger partial charge in [0.25, 0.3) is 0 Å². The maximum Gasteiger partial charge on any atom is 0.131 e. The molecule has 1 N–H and O–H groups in total. The third-order valence-electron chi connectivity index (χ3n) is 6.78. The van der Waals surface area contributed by atoms with E-state index >= 15 is 0 Å². The Labute approximate surface area is 197 Å². The molecule has 3 atom stereocenters. The lowest BCUT2D eigenvalue weighted by Crippen LogP contribution is -2.49. The van der Waals surface area contributed by atoms with E-state index in [2.05, 4.69) is 53.7 Å². The van der Waals surface area contributed by atoms with Gasteiger partial charge in [-0.3, -0.25) is 9.29 Å². The van der Waals surface area contributed by atoms with Crippen molar-refractivity contribution in [3.8, 4) is 5.75 Å². The summed E-state index contributed by atoms with van der Waals surface area (Å²) < 4.78 is 33.5. The minimum Gasteiger partial charge on any atom is -0.593 e. The number of nitrogens with one attached hydrogen (secondary N) is 1. The molecule has 5 nitrogen and oxygen atoms in total. The number of aromatic amines is 1. The summed E-state index contributed by atoms with van der Waals surface area (Å²) in [6.07, 6.45) is 0.830. The largest absolute Gasteiger partial charge is 0.593 e. The van der Waals surface area contributed by atoms with Crippen molar-refractivity contribution in [3.63, 3.8) is 0 Å². The smallest absolute Gasteiger partial charge is 0.131 e. The van der Waals surface area contributed by atoms with Crippen LogP contribution in [0.15, 0.2) is 60.5 Å². The van der Waals surface area contributed by atoms with Crippen LogP contribution in [0.1, 0.15) is 29.8 Å². The molecule has 174 valence electrons. The lowest BCUT2D eigenvalue weighted by atomic mass is 9.91. The Bertz CT molecular complexity index is 1110. The number of likely N-dealkylation sites (tertiary alicyclic amines) is 1. The van der Waals surface area contributed by atoms with E-state index in [-0.39, 0.29) is 24.7 Å². The van der Waals surface area contributed by atoms with Gasteiger partial charge in [-0.2, -0.15) is 0 Å². The average Bonchev–Trinajstić information content (AvgIpc) is 3.18. The van der Waals surface area contributed by atoms with Gasteiger partial charge >= 0.3 is 0 Å². The molecule has 3 aromatic rings. The summed E-state index contributed by atoms with van der Waals surface area (Å²) in [7, 11) is 0. The molecule has 2 aliphatic rings. The Hall–Kier alpha value is -2.32. The molecule has 5 rings (SSSR count). The number of fused-ring (bicyclic) bond motifs is 3. The third-order valence-corrected chi connectivity index (χ3v) is 8.05. The molecule has 0 spiro atoms. The van der Waals surface area contributed by atoms with Crippen molar-refractivity contribution in [1.82, 2.24) is 14.2 Å². The first-order valence-electron chi connectivity index (χ1n) is 11.5. The van der Waals surface area contributed by atoms with Gasteiger partial charge in [0.05, 0.1) is 24.1 Å². The maximum atomic E-state index is 13.0. The molecule has 0 amide bonds. The van der Waals surface area contributed by atoms with Gasteiger partial charge in [0.15, 0.2) is 0 Å². The quantitative estimate of drug-likeness (QED) is 0.493. The highest BCUT2D eigenvalue weighted by Gasteiger charge is 2.41. The van der Waals surface area contributed by atoms with Gasteiger partial charge in [0, 0.05) is 42.1 Å². The van der Waals surface area contributed by atoms with Crippen molar-refractivity contribution in [2.24, 2.45) is 5.92 Å². The number of aromatic nitrogens is 1. The lowest BCUT2D eigenvalue weighted by molar-refractivity contribution is 0.0668. The number of nitrogens with zero attached hydrogens (tertiary/aromatic N) is 2. The first kappa shape index (κ1) is 22.5. The van der Waals surface area contributed by atoms with Crippen LogP contribution in [0.25, 0.3) is 10.9 Å². The minimum absolute atomic E-state index is 0.0983. The first-order valence-corrected chi connectivity index (χ1v) is 12.7. The van der Waals surface area contributed by atoms with Crippen molar-refractivity contribution in [2.75, 3.05) is 32.9 Å².